The summed E-state index contributed by atoms with van der Waals surface area (Å²) < 4.78 is 11.2. The van der Waals surface area contributed by atoms with Crippen molar-refractivity contribution in [3.8, 4) is 11.5 Å². The second-order valence-corrected chi connectivity index (χ2v) is 10.5. The molecule has 3 aromatic rings. The van der Waals surface area contributed by atoms with Gasteiger partial charge in [0.2, 0.25) is 5.91 Å². The topological polar surface area (TPSA) is 74.4 Å². The minimum absolute atomic E-state index is 0.0436. The Bertz CT molecular complexity index is 1420. The molecule has 0 radical (unpaired) electrons. The van der Waals surface area contributed by atoms with Gasteiger partial charge < -0.3 is 29.5 Å². The lowest BCUT2D eigenvalue weighted by molar-refractivity contribution is -0.119. The van der Waals surface area contributed by atoms with Crippen LogP contribution in [-0.4, -0.2) is 75.6 Å². The molecule has 3 aliphatic heterocycles. The lowest BCUT2D eigenvalue weighted by Crippen LogP contribution is -2.49. The number of carbonyl (C=O) groups excluding carboxylic acids is 2. The lowest BCUT2D eigenvalue weighted by Gasteiger charge is -2.45. The van der Waals surface area contributed by atoms with Crippen LogP contribution in [0.3, 0.4) is 0 Å². The number of benzene rings is 3. The average Bonchev–Trinajstić information content (AvgIpc) is 2.97. The van der Waals surface area contributed by atoms with E-state index in [1.54, 1.807) is 14.2 Å². The number of ether oxygens (including phenoxy) is 2. The number of hydrogen-bond acceptors (Lipinski definition) is 6. The van der Waals surface area contributed by atoms with Crippen molar-refractivity contribution in [1.82, 2.24) is 9.80 Å². The molecule has 2 amide bonds. The fourth-order valence-corrected chi connectivity index (χ4v) is 6.25. The van der Waals surface area contributed by atoms with E-state index in [9.17, 15) is 9.59 Å². The van der Waals surface area contributed by atoms with Crippen LogP contribution in [0.15, 0.2) is 60.7 Å². The normalized spacial score (nSPS) is 20.5. The summed E-state index contributed by atoms with van der Waals surface area (Å²) in [6.45, 7) is 4.27. The van der Waals surface area contributed by atoms with Gasteiger partial charge in [-0.25, -0.2) is 0 Å². The van der Waals surface area contributed by atoms with Crippen LogP contribution in [0.5, 0.6) is 11.5 Å². The van der Waals surface area contributed by atoms with Gasteiger partial charge in [0.1, 0.15) is 0 Å². The van der Waals surface area contributed by atoms with Crippen molar-refractivity contribution in [2.24, 2.45) is 0 Å². The summed E-state index contributed by atoms with van der Waals surface area (Å²) >= 11 is 0. The first-order valence-electron chi connectivity index (χ1n) is 13.5. The second-order valence-electron chi connectivity index (χ2n) is 10.5. The highest BCUT2D eigenvalue weighted by Crippen LogP contribution is 2.48. The van der Waals surface area contributed by atoms with Crippen LogP contribution in [0, 0.1) is 0 Å². The van der Waals surface area contributed by atoms with Gasteiger partial charge in [0.15, 0.2) is 11.5 Å². The van der Waals surface area contributed by atoms with Crippen LogP contribution < -0.4 is 19.7 Å². The minimum atomic E-state index is -0.586. The van der Waals surface area contributed by atoms with Gasteiger partial charge >= 0.3 is 0 Å². The number of carbonyl (C=O) groups is 2. The maximum atomic E-state index is 14.3. The molecule has 6 rings (SSSR count). The minimum Gasteiger partial charge on any atom is -0.493 e. The Hall–Kier alpha value is -4.04. The summed E-state index contributed by atoms with van der Waals surface area (Å²) in [6.07, 6.45) is 0.681. The molecule has 3 aromatic carbocycles. The molecular weight excluding hydrogens is 492 g/mol. The third-order valence-electron chi connectivity index (χ3n) is 8.31. The number of nitrogens with one attached hydrogen (secondary N) is 1. The van der Waals surface area contributed by atoms with E-state index < -0.39 is 12.0 Å². The lowest BCUT2D eigenvalue weighted by atomic mass is 9.75. The van der Waals surface area contributed by atoms with Gasteiger partial charge in [0.05, 0.1) is 37.6 Å². The van der Waals surface area contributed by atoms with Crippen molar-refractivity contribution < 1.29 is 19.1 Å². The second kappa shape index (κ2) is 10.3. The Morgan fingerprint density at radius 2 is 1.56 bits per heavy atom. The molecule has 0 bridgehead atoms. The molecule has 0 spiro atoms. The number of amides is 2. The quantitative estimate of drug-likeness (QED) is 0.543. The van der Waals surface area contributed by atoms with E-state index in [1.807, 2.05) is 59.5 Å². The summed E-state index contributed by atoms with van der Waals surface area (Å²) in [4.78, 5) is 34.5. The third-order valence-corrected chi connectivity index (χ3v) is 8.31. The van der Waals surface area contributed by atoms with Crippen molar-refractivity contribution in [2.75, 3.05) is 64.2 Å². The molecule has 2 atom stereocenters. The van der Waals surface area contributed by atoms with Crippen molar-refractivity contribution in [3.05, 3.63) is 82.9 Å². The van der Waals surface area contributed by atoms with Gasteiger partial charge in [-0.3, -0.25) is 9.59 Å². The first kappa shape index (κ1) is 25.2. The van der Waals surface area contributed by atoms with Crippen molar-refractivity contribution in [2.45, 2.75) is 18.4 Å². The molecule has 8 heteroatoms. The van der Waals surface area contributed by atoms with E-state index in [0.717, 1.165) is 54.2 Å². The molecule has 0 aliphatic carbocycles. The number of fused-ring (bicyclic) bond motifs is 4. The molecular formula is C31H34N4O4. The molecule has 3 aliphatic rings. The summed E-state index contributed by atoms with van der Waals surface area (Å²) in [5.74, 6) is 0.474. The zero-order chi connectivity index (χ0) is 27.1. The highest BCUT2D eigenvalue weighted by atomic mass is 16.5. The van der Waals surface area contributed by atoms with Gasteiger partial charge in [-0.05, 0) is 60.5 Å². The highest BCUT2D eigenvalue weighted by Gasteiger charge is 2.46. The first-order valence-corrected chi connectivity index (χ1v) is 13.5. The van der Waals surface area contributed by atoms with Gasteiger partial charge in [0, 0.05) is 38.3 Å². The number of piperazine rings is 1. The third kappa shape index (κ3) is 4.38. The summed E-state index contributed by atoms with van der Waals surface area (Å²) in [5, 5.41) is 3.27. The van der Waals surface area contributed by atoms with E-state index in [4.69, 9.17) is 9.47 Å². The molecule has 0 saturated carbocycles. The van der Waals surface area contributed by atoms with Crippen molar-refractivity contribution in [3.63, 3.8) is 0 Å². The molecule has 1 N–H and O–H groups in total. The Kier molecular flexibility index (Phi) is 6.64. The monoisotopic (exact) mass is 526 g/mol. The van der Waals surface area contributed by atoms with Crippen LogP contribution in [0.25, 0.3) is 0 Å². The van der Waals surface area contributed by atoms with E-state index in [2.05, 4.69) is 28.2 Å². The Morgan fingerprint density at radius 1 is 0.872 bits per heavy atom. The maximum Gasteiger partial charge on any atom is 0.254 e. The van der Waals surface area contributed by atoms with Crippen LogP contribution in [0.1, 0.15) is 39.0 Å². The maximum absolute atomic E-state index is 14.3. The van der Waals surface area contributed by atoms with Gasteiger partial charge in [-0.2, -0.15) is 0 Å². The van der Waals surface area contributed by atoms with Gasteiger partial charge in [0.25, 0.3) is 5.91 Å². The largest absolute Gasteiger partial charge is 0.493 e. The zero-order valence-corrected chi connectivity index (χ0v) is 22.6. The van der Waals surface area contributed by atoms with E-state index >= 15 is 0 Å². The van der Waals surface area contributed by atoms with Crippen LogP contribution >= 0.6 is 0 Å². The number of rotatable bonds is 5. The van der Waals surface area contributed by atoms with Crippen LogP contribution in [0.2, 0.25) is 0 Å². The summed E-state index contributed by atoms with van der Waals surface area (Å²) in [6, 6.07) is 19.0. The fraction of sp³-hybridized carbons (Fsp3) is 0.355. The molecule has 3 heterocycles. The molecule has 8 nitrogen and oxygen atoms in total. The van der Waals surface area contributed by atoms with Crippen molar-refractivity contribution in [1.29, 1.82) is 0 Å². The number of nitrogens with zero attached hydrogens (tertiary/aromatic N) is 3. The molecule has 1 fully saturated rings. The number of likely N-dealkylation sites (N-methyl/N-ethyl adjacent to an activating group) is 1. The van der Waals surface area contributed by atoms with E-state index in [-0.39, 0.29) is 11.8 Å². The van der Waals surface area contributed by atoms with Gasteiger partial charge in [-0.1, -0.05) is 30.3 Å². The number of anilines is 2. The smallest absolute Gasteiger partial charge is 0.254 e. The average molecular weight is 527 g/mol. The Balaban J connectivity index is 1.42. The molecule has 1 saturated heterocycles. The predicted octanol–water partition coefficient (Wildman–Crippen LogP) is 3.93. The van der Waals surface area contributed by atoms with E-state index in [0.29, 0.717) is 30.0 Å². The molecule has 202 valence electrons. The predicted molar refractivity (Wildman–Crippen MR) is 151 cm³/mol. The Morgan fingerprint density at radius 3 is 2.33 bits per heavy atom. The Labute approximate surface area is 229 Å². The number of para-hydroxylation sites is 2. The van der Waals surface area contributed by atoms with Crippen LogP contribution in [0.4, 0.5) is 11.4 Å². The summed E-state index contributed by atoms with van der Waals surface area (Å²) in [7, 11) is 5.35. The zero-order valence-electron chi connectivity index (χ0n) is 22.6. The van der Waals surface area contributed by atoms with E-state index in [1.165, 1.54) is 0 Å². The molecule has 0 unspecified atom stereocenters. The number of hydrogen-bond donors (Lipinski definition) is 1. The number of methoxy groups -OCH3 is 2. The summed E-state index contributed by atoms with van der Waals surface area (Å²) in [5.41, 5.74) is 5.14. The van der Waals surface area contributed by atoms with Crippen LogP contribution in [-0.2, 0) is 11.2 Å². The molecule has 0 aromatic heterocycles. The SMILES string of the molecule is COc1cc2c(cc1OC)[C@H]1[C@H](C(=O)Nc3ccccc3N3CCN(C)CC3)c3ccccc3C(=O)N1CC2. The molecule has 39 heavy (non-hydrogen) atoms. The standard InChI is InChI=1S/C31H34N4O4/c1-33-14-16-34(17-15-33)25-11-7-6-10-24(25)32-30(36)28-21-8-4-5-9-22(21)31(37)35-13-12-20-18-26(38-2)27(39-3)19-23(20)29(28)35/h4-11,18-19,28-29H,12-17H2,1-3H3,(H,32,36)/t28-,29+/m1/s1. The first-order chi connectivity index (χ1) is 19.0. The highest BCUT2D eigenvalue weighted by molar-refractivity contribution is 6.05. The van der Waals surface area contributed by atoms with Crippen molar-refractivity contribution >= 4 is 23.2 Å². The fourth-order valence-electron chi connectivity index (χ4n) is 6.25. The van der Waals surface area contributed by atoms with Gasteiger partial charge in [-0.15, -0.1) is 0 Å².